The number of hydrogen-bond donors (Lipinski definition) is 2. The average molecular weight is 378 g/mol. The zero-order chi connectivity index (χ0) is 19.2. The highest BCUT2D eigenvalue weighted by atomic mass is 16.7. The molecule has 2 N–H and O–H groups in total. The number of fused-ring (bicyclic) bond motifs is 1. The molecule has 0 aliphatic carbocycles. The quantitative estimate of drug-likeness (QED) is 0.507. The fourth-order valence-electron chi connectivity index (χ4n) is 2.95. The van der Waals surface area contributed by atoms with E-state index in [1.54, 1.807) is 7.05 Å². The van der Waals surface area contributed by atoms with Crippen molar-refractivity contribution in [3.63, 3.8) is 0 Å². The van der Waals surface area contributed by atoms with Crippen LogP contribution in [0.1, 0.15) is 11.3 Å². The van der Waals surface area contributed by atoms with E-state index in [4.69, 9.17) is 14.0 Å². The van der Waals surface area contributed by atoms with E-state index in [2.05, 4.69) is 20.8 Å². The van der Waals surface area contributed by atoms with Crippen molar-refractivity contribution in [1.82, 2.24) is 15.8 Å². The van der Waals surface area contributed by atoms with Crippen molar-refractivity contribution in [3.05, 3.63) is 65.9 Å². The van der Waals surface area contributed by atoms with Crippen molar-refractivity contribution >= 4 is 5.96 Å². The number of aliphatic imine (C=N–C) groups is 1. The first-order valence-electron chi connectivity index (χ1n) is 9.16. The number of guanidine groups is 1. The van der Waals surface area contributed by atoms with E-state index in [9.17, 15) is 0 Å². The lowest BCUT2D eigenvalue weighted by Gasteiger charge is -2.11. The Balaban J connectivity index is 1.26. The van der Waals surface area contributed by atoms with Crippen LogP contribution in [0, 0.1) is 0 Å². The maximum atomic E-state index is 5.42. The Kier molecular flexibility index (Phi) is 5.42. The number of nitrogens with zero attached hydrogens (tertiary/aromatic N) is 2. The van der Waals surface area contributed by atoms with Crippen LogP contribution >= 0.6 is 0 Å². The molecule has 2 aromatic carbocycles. The largest absolute Gasteiger partial charge is 0.454 e. The molecule has 1 aliphatic heterocycles. The third-order valence-electron chi connectivity index (χ3n) is 4.42. The first-order chi connectivity index (χ1) is 13.8. The third kappa shape index (κ3) is 4.25. The highest BCUT2D eigenvalue weighted by molar-refractivity contribution is 5.79. The Morgan fingerprint density at radius 3 is 2.75 bits per heavy atom. The standard InChI is InChI=1S/C21H22N4O3/c1-22-21(23-10-9-15-7-8-18-20(11-15)27-14-26-18)24-13-17-12-19(28-25-17)16-5-3-2-4-6-16/h2-8,11-12H,9-10,13-14H2,1H3,(H2,22,23,24). The summed E-state index contributed by atoms with van der Waals surface area (Å²) in [4.78, 5) is 4.25. The smallest absolute Gasteiger partial charge is 0.231 e. The van der Waals surface area contributed by atoms with E-state index >= 15 is 0 Å². The number of benzene rings is 2. The lowest BCUT2D eigenvalue weighted by Crippen LogP contribution is -2.37. The van der Waals surface area contributed by atoms with Gasteiger partial charge in [0, 0.05) is 25.2 Å². The Morgan fingerprint density at radius 2 is 1.89 bits per heavy atom. The molecule has 28 heavy (non-hydrogen) atoms. The summed E-state index contributed by atoms with van der Waals surface area (Å²) in [6.45, 7) is 1.56. The lowest BCUT2D eigenvalue weighted by atomic mass is 10.1. The van der Waals surface area contributed by atoms with Crippen LogP contribution < -0.4 is 20.1 Å². The van der Waals surface area contributed by atoms with Gasteiger partial charge in [-0.05, 0) is 24.1 Å². The predicted octanol–water partition coefficient (Wildman–Crippen LogP) is 2.98. The monoisotopic (exact) mass is 378 g/mol. The summed E-state index contributed by atoms with van der Waals surface area (Å²) >= 11 is 0. The van der Waals surface area contributed by atoms with Crippen molar-refractivity contribution < 1.29 is 14.0 Å². The average Bonchev–Trinajstić information content (AvgIpc) is 3.40. The summed E-state index contributed by atoms with van der Waals surface area (Å²) in [5.74, 6) is 3.07. The first kappa shape index (κ1) is 17.9. The van der Waals surface area contributed by atoms with Gasteiger partial charge in [-0.15, -0.1) is 0 Å². The summed E-state index contributed by atoms with van der Waals surface area (Å²) in [6.07, 6.45) is 0.847. The van der Waals surface area contributed by atoms with Gasteiger partial charge in [-0.2, -0.15) is 0 Å². The minimum atomic E-state index is 0.293. The van der Waals surface area contributed by atoms with Crippen LogP contribution in [0.25, 0.3) is 11.3 Å². The van der Waals surface area contributed by atoms with Gasteiger partial charge in [0.25, 0.3) is 0 Å². The van der Waals surface area contributed by atoms with Crippen LogP contribution in [0.15, 0.2) is 64.1 Å². The lowest BCUT2D eigenvalue weighted by molar-refractivity contribution is 0.174. The Bertz CT molecular complexity index is 953. The molecule has 7 heteroatoms. The topological polar surface area (TPSA) is 80.9 Å². The number of rotatable bonds is 6. The summed E-state index contributed by atoms with van der Waals surface area (Å²) in [7, 11) is 1.74. The van der Waals surface area contributed by atoms with Crippen LogP contribution in [0.5, 0.6) is 11.5 Å². The van der Waals surface area contributed by atoms with Crippen LogP contribution in [-0.2, 0) is 13.0 Å². The summed E-state index contributed by atoms with van der Waals surface area (Å²) < 4.78 is 16.2. The fraction of sp³-hybridized carbons (Fsp3) is 0.238. The second kappa shape index (κ2) is 8.47. The molecular formula is C21H22N4O3. The van der Waals surface area contributed by atoms with Gasteiger partial charge < -0.3 is 24.6 Å². The molecule has 1 aliphatic rings. The molecule has 0 atom stereocenters. The molecule has 0 saturated heterocycles. The number of aromatic nitrogens is 1. The van der Waals surface area contributed by atoms with Gasteiger partial charge in [0.1, 0.15) is 5.69 Å². The summed E-state index contributed by atoms with van der Waals surface area (Å²) in [6, 6.07) is 17.8. The van der Waals surface area contributed by atoms with Gasteiger partial charge in [0.2, 0.25) is 6.79 Å². The molecule has 7 nitrogen and oxygen atoms in total. The summed E-state index contributed by atoms with van der Waals surface area (Å²) in [5.41, 5.74) is 3.00. The minimum absolute atomic E-state index is 0.293. The van der Waals surface area contributed by atoms with Crippen molar-refractivity contribution in [2.75, 3.05) is 20.4 Å². The Morgan fingerprint density at radius 1 is 1.04 bits per heavy atom. The second-order valence-electron chi connectivity index (χ2n) is 6.34. The molecule has 0 fully saturated rings. The van der Waals surface area contributed by atoms with Crippen LogP contribution in [0.2, 0.25) is 0 Å². The van der Waals surface area contributed by atoms with Crippen LogP contribution in [0.3, 0.4) is 0 Å². The van der Waals surface area contributed by atoms with Crippen LogP contribution in [0.4, 0.5) is 0 Å². The van der Waals surface area contributed by atoms with Crippen molar-refractivity contribution in [1.29, 1.82) is 0 Å². The van der Waals surface area contributed by atoms with E-state index in [1.807, 2.05) is 54.6 Å². The molecule has 0 radical (unpaired) electrons. The first-order valence-corrected chi connectivity index (χ1v) is 9.16. The molecule has 4 rings (SSSR count). The molecule has 0 unspecified atom stereocenters. The fourth-order valence-corrected chi connectivity index (χ4v) is 2.95. The predicted molar refractivity (Wildman–Crippen MR) is 106 cm³/mol. The van der Waals surface area contributed by atoms with Crippen LogP contribution in [-0.4, -0.2) is 31.5 Å². The highest BCUT2D eigenvalue weighted by Crippen LogP contribution is 2.32. The minimum Gasteiger partial charge on any atom is -0.454 e. The Labute approximate surface area is 163 Å². The van der Waals surface area contributed by atoms with E-state index in [0.717, 1.165) is 41.5 Å². The van der Waals surface area contributed by atoms with E-state index in [0.29, 0.717) is 19.3 Å². The van der Waals surface area contributed by atoms with Gasteiger partial charge in [-0.25, -0.2) is 0 Å². The molecule has 0 saturated carbocycles. The van der Waals surface area contributed by atoms with Crippen molar-refractivity contribution in [2.45, 2.75) is 13.0 Å². The third-order valence-corrected chi connectivity index (χ3v) is 4.42. The molecule has 0 spiro atoms. The highest BCUT2D eigenvalue weighted by Gasteiger charge is 2.13. The summed E-state index contributed by atoms with van der Waals surface area (Å²) in [5, 5.41) is 10.7. The number of ether oxygens (including phenoxy) is 2. The molecule has 144 valence electrons. The van der Waals surface area contributed by atoms with Gasteiger partial charge >= 0.3 is 0 Å². The Hall–Kier alpha value is -3.48. The molecule has 3 aromatic rings. The molecule has 0 amide bonds. The van der Waals surface area contributed by atoms with E-state index in [-0.39, 0.29) is 0 Å². The second-order valence-corrected chi connectivity index (χ2v) is 6.34. The van der Waals surface area contributed by atoms with Gasteiger partial charge in [0.05, 0.1) is 6.54 Å². The zero-order valence-electron chi connectivity index (χ0n) is 15.6. The van der Waals surface area contributed by atoms with Gasteiger partial charge in [0.15, 0.2) is 23.2 Å². The molecular weight excluding hydrogens is 356 g/mol. The van der Waals surface area contributed by atoms with E-state index < -0.39 is 0 Å². The number of hydrogen-bond acceptors (Lipinski definition) is 5. The molecule has 2 heterocycles. The van der Waals surface area contributed by atoms with Crippen molar-refractivity contribution in [3.8, 4) is 22.8 Å². The SMILES string of the molecule is CN=C(NCCc1ccc2c(c1)OCO2)NCc1cc(-c2ccccc2)on1. The zero-order valence-corrected chi connectivity index (χ0v) is 15.6. The van der Waals surface area contributed by atoms with Gasteiger partial charge in [-0.1, -0.05) is 41.6 Å². The normalized spacial score (nSPS) is 12.8. The maximum Gasteiger partial charge on any atom is 0.231 e. The molecule has 0 bridgehead atoms. The van der Waals surface area contributed by atoms with Crippen molar-refractivity contribution in [2.24, 2.45) is 4.99 Å². The molecule has 1 aromatic heterocycles. The maximum absolute atomic E-state index is 5.42. The van der Waals surface area contributed by atoms with Gasteiger partial charge in [-0.3, -0.25) is 4.99 Å². The number of nitrogens with one attached hydrogen (secondary N) is 2. The van der Waals surface area contributed by atoms with E-state index in [1.165, 1.54) is 5.56 Å².